The first-order valence-corrected chi connectivity index (χ1v) is 6.84. The van der Waals surface area contributed by atoms with Crippen LogP contribution in [0.1, 0.15) is 16.7 Å². The van der Waals surface area contributed by atoms with Crippen LogP contribution in [0.3, 0.4) is 0 Å². The molecule has 2 nitrogen and oxygen atoms in total. The largest absolute Gasteiger partial charge is 0.493 e. The summed E-state index contributed by atoms with van der Waals surface area (Å²) < 4.78 is 24.6. The van der Waals surface area contributed by atoms with Gasteiger partial charge in [-0.2, -0.15) is 0 Å². The molecule has 0 fully saturated rings. The molecule has 1 aliphatic heterocycles. The predicted molar refractivity (Wildman–Crippen MR) is 76.1 cm³/mol. The molecular weight excluding hydrogens is 279 g/mol. The maximum atomic E-state index is 13.2. The van der Waals surface area contributed by atoms with E-state index in [1.165, 1.54) is 12.1 Å². The van der Waals surface area contributed by atoms with Gasteiger partial charge in [-0.05, 0) is 36.2 Å². The molecule has 104 valence electrons. The minimum absolute atomic E-state index is 0.307. The van der Waals surface area contributed by atoms with Crippen LogP contribution in [0, 0.1) is 12.7 Å². The van der Waals surface area contributed by atoms with E-state index in [0.717, 1.165) is 28.9 Å². The average Bonchev–Trinajstić information content (AvgIpc) is 2.87. The summed E-state index contributed by atoms with van der Waals surface area (Å²) >= 11 is 6.10. The lowest BCUT2D eigenvalue weighted by molar-refractivity contribution is 0.289. The number of rotatable bonds is 3. The van der Waals surface area contributed by atoms with Gasteiger partial charge in [0.1, 0.15) is 23.9 Å². The highest BCUT2D eigenvalue weighted by atomic mass is 35.5. The lowest BCUT2D eigenvalue weighted by atomic mass is 10.1. The number of aryl methyl sites for hydroxylation is 1. The molecule has 4 heteroatoms. The number of halogens is 2. The van der Waals surface area contributed by atoms with Gasteiger partial charge < -0.3 is 9.47 Å². The van der Waals surface area contributed by atoms with Crippen molar-refractivity contribution in [1.29, 1.82) is 0 Å². The second-order valence-corrected chi connectivity index (χ2v) is 5.29. The van der Waals surface area contributed by atoms with Gasteiger partial charge in [0.15, 0.2) is 0 Å². The zero-order valence-electron chi connectivity index (χ0n) is 11.1. The summed E-state index contributed by atoms with van der Waals surface area (Å²) in [6.07, 6.45) is 0.863. The van der Waals surface area contributed by atoms with Crippen molar-refractivity contribution >= 4 is 11.6 Å². The molecule has 0 saturated carbocycles. The Morgan fingerprint density at radius 1 is 1.30 bits per heavy atom. The number of fused-ring (bicyclic) bond motifs is 1. The number of hydrogen-bond donors (Lipinski definition) is 0. The highest BCUT2D eigenvalue weighted by Gasteiger charge is 2.18. The molecule has 1 heterocycles. The quantitative estimate of drug-likeness (QED) is 0.839. The SMILES string of the molecule is Cc1ccc(F)cc1OCc1cc(Cl)cc2c1OCC2. The second kappa shape index (κ2) is 5.33. The average molecular weight is 293 g/mol. The van der Waals surface area contributed by atoms with Gasteiger partial charge >= 0.3 is 0 Å². The zero-order chi connectivity index (χ0) is 14.1. The van der Waals surface area contributed by atoms with E-state index in [2.05, 4.69) is 0 Å². The van der Waals surface area contributed by atoms with E-state index in [-0.39, 0.29) is 5.82 Å². The summed E-state index contributed by atoms with van der Waals surface area (Å²) in [5.74, 6) is 1.08. The molecule has 0 unspecified atom stereocenters. The Kier molecular flexibility index (Phi) is 3.53. The van der Waals surface area contributed by atoms with Crippen molar-refractivity contribution in [2.75, 3.05) is 6.61 Å². The standard InChI is InChI=1S/C16H14ClFO2/c1-10-2-3-14(18)8-15(10)20-9-12-7-13(17)6-11-4-5-19-16(11)12/h2-3,6-8H,4-5,9H2,1H3. The molecule has 0 amide bonds. The molecule has 0 N–H and O–H groups in total. The van der Waals surface area contributed by atoms with Crippen molar-refractivity contribution in [2.45, 2.75) is 20.0 Å². The fourth-order valence-electron chi connectivity index (χ4n) is 2.34. The first-order chi connectivity index (χ1) is 9.63. The Bertz CT molecular complexity index is 655. The highest BCUT2D eigenvalue weighted by molar-refractivity contribution is 6.30. The molecule has 2 aromatic carbocycles. The lowest BCUT2D eigenvalue weighted by Crippen LogP contribution is -2.00. The summed E-state index contributed by atoms with van der Waals surface area (Å²) in [5, 5.41) is 0.670. The van der Waals surface area contributed by atoms with Crippen molar-refractivity contribution in [1.82, 2.24) is 0 Å². The maximum Gasteiger partial charge on any atom is 0.129 e. The van der Waals surface area contributed by atoms with E-state index >= 15 is 0 Å². The molecular formula is C16H14ClFO2. The van der Waals surface area contributed by atoms with Gasteiger partial charge in [-0.15, -0.1) is 0 Å². The maximum absolute atomic E-state index is 13.2. The molecule has 2 aromatic rings. The van der Waals surface area contributed by atoms with E-state index in [1.807, 2.05) is 19.1 Å². The van der Waals surface area contributed by atoms with Gasteiger partial charge in [0.2, 0.25) is 0 Å². The number of benzene rings is 2. The van der Waals surface area contributed by atoms with Crippen LogP contribution in [-0.4, -0.2) is 6.61 Å². The van der Waals surface area contributed by atoms with Crippen LogP contribution in [-0.2, 0) is 13.0 Å². The van der Waals surface area contributed by atoms with Crippen LogP contribution in [0.4, 0.5) is 4.39 Å². The Morgan fingerprint density at radius 3 is 3.00 bits per heavy atom. The smallest absolute Gasteiger partial charge is 0.129 e. The van der Waals surface area contributed by atoms with E-state index in [1.54, 1.807) is 6.07 Å². The summed E-state index contributed by atoms with van der Waals surface area (Å²) in [6.45, 7) is 2.86. The van der Waals surface area contributed by atoms with Gasteiger partial charge in [0.05, 0.1) is 6.61 Å². The van der Waals surface area contributed by atoms with Gasteiger partial charge in [-0.25, -0.2) is 4.39 Å². The molecule has 20 heavy (non-hydrogen) atoms. The van der Waals surface area contributed by atoms with Crippen molar-refractivity contribution in [3.8, 4) is 11.5 Å². The van der Waals surface area contributed by atoms with Gasteiger partial charge in [0.25, 0.3) is 0 Å². The fourth-order valence-corrected chi connectivity index (χ4v) is 2.60. The third kappa shape index (κ3) is 2.59. The predicted octanol–water partition coefficient (Wildman–Crippen LogP) is 4.30. The Hall–Kier alpha value is -1.74. The van der Waals surface area contributed by atoms with E-state index in [0.29, 0.717) is 24.0 Å². The van der Waals surface area contributed by atoms with Crippen LogP contribution in [0.5, 0.6) is 11.5 Å². The van der Waals surface area contributed by atoms with E-state index in [4.69, 9.17) is 21.1 Å². The molecule has 0 aliphatic carbocycles. The van der Waals surface area contributed by atoms with Gasteiger partial charge in [-0.3, -0.25) is 0 Å². The third-order valence-electron chi connectivity index (χ3n) is 3.36. The zero-order valence-corrected chi connectivity index (χ0v) is 11.8. The first kappa shape index (κ1) is 13.3. The van der Waals surface area contributed by atoms with Crippen molar-refractivity contribution < 1.29 is 13.9 Å². The summed E-state index contributed by atoms with van der Waals surface area (Å²) in [5.41, 5.74) is 2.90. The minimum atomic E-state index is -0.307. The van der Waals surface area contributed by atoms with Crippen LogP contribution in [0.2, 0.25) is 5.02 Å². The summed E-state index contributed by atoms with van der Waals surface area (Å²) in [4.78, 5) is 0. The lowest BCUT2D eigenvalue weighted by Gasteiger charge is -2.12. The van der Waals surface area contributed by atoms with Gasteiger partial charge in [-0.1, -0.05) is 17.7 Å². The summed E-state index contributed by atoms with van der Waals surface area (Å²) in [6, 6.07) is 8.26. The Balaban J connectivity index is 1.84. The van der Waals surface area contributed by atoms with Crippen molar-refractivity contribution in [3.05, 3.63) is 57.9 Å². The van der Waals surface area contributed by atoms with Gasteiger partial charge in [0, 0.05) is 23.1 Å². The topological polar surface area (TPSA) is 18.5 Å². The normalized spacial score (nSPS) is 12.9. The minimum Gasteiger partial charge on any atom is -0.493 e. The second-order valence-electron chi connectivity index (χ2n) is 4.85. The molecule has 0 bridgehead atoms. The fraction of sp³-hybridized carbons (Fsp3) is 0.250. The molecule has 1 aliphatic rings. The van der Waals surface area contributed by atoms with Crippen LogP contribution < -0.4 is 9.47 Å². The first-order valence-electron chi connectivity index (χ1n) is 6.46. The summed E-state index contributed by atoms with van der Waals surface area (Å²) in [7, 11) is 0. The third-order valence-corrected chi connectivity index (χ3v) is 3.58. The molecule has 0 saturated heterocycles. The van der Waals surface area contributed by atoms with Crippen molar-refractivity contribution in [2.24, 2.45) is 0 Å². The molecule has 0 aromatic heterocycles. The van der Waals surface area contributed by atoms with Crippen molar-refractivity contribution in [3.63, 3.8) is 0 Å². The molecule has 0 radical (unpaired) electrons. The highest BCUT2D eigenvalue weighted by Crippen LogP contribution is 2.33. The van der Waals surface area contributed by atoms with E-state index < -0.39 is 0 Å². The number of hydrogen-bond acceptors (Lipinski definition) is 2. The monoisotopic (exact) mass is 292 g/mol. The van der Waals surface area contributed by atoms with Crippen LogP contribution >= 0.6 is 11.6 Å². The van der Waals surface area contributed by atoms with Crippen LogP contribution in [0.25, 0.3) is 0 Å². The van der Waals surface area contributed by atoms with E-state index in [9.17, 15) is 4.39 Å². The molecule has 0 spiro atoms. The Labute approximate surface area is 122 Å². The molecule has 3 rings (SSSR count). The van der Waals surface area contributed by atoms with Crippen LogP contribution in [0.15, 0.2) is 30.3 Å². The number of ether oxygens (including phenoxy) is 2. The Morgan fingerprint density at radius 2 is 2.15 bits per heavy atom. The molecule has 0 atom stereocenters.